The van der Waals surface area contributed by atoms with Gasteiger partial charge in [-0.25, -0.2) is 0 Å². The van der Waals surface area contributed by atoms with Crippen molar-refractivity contribution in [3.8, 4) is 0 Å². The number of alkyl halides is 1. The van der Waals surface area contributed by atoms with Crippen molar-refractivity contribution in [2.75, 3.05) is 6.54 Å². The molecule has 1 aromatic heterocycles. The van der Waals surface area contributed by atoms with E-state index in [1.165, 1.54) is 0 Å². The molecule has 1 unspecified atom stereocenters. The number of hydrogen-bond acceptors (Lipinski definition) is 2. The number of nitrogens with one attached hydrogen (secondary N) is 1. The molecule has 0 spiro atoms. The number of aryl methyl sites for hydroxylation is 2. The van der Waals surface area contributed by atoms with E-state index < -0.39 is 0 Å². The number of rotatable bonds is 5. The summed E-state index contributed by atoms with van der Waals surface area (Å²) in [7, 11) is 1.78. The van der Waals surface area contributed by atoms with Crippen LogP contribution in [-0.4, -0.2) is 27.6 Å². The minimum absolute atomic E-state index is 0.0529. The van der Waals surface area contributed by atoms with Gasteiger partial charge in [0.15, 0.2) is 0 Å². The zero-order valence-electron chi connectivity index (χ0n) is 12.5. The fourth-order valence-corrected chi connectivity index (χ4v) is 2.48. The van der Waals surface area contributed by atoms with Crippen LogP contribution < -0.4 is 5.32 Å². The Morgan fingerprint density at radius 3 is 2.63 bits per heavy atom. The maximum Gasteiger partial charge on any atom is 0.269 e. The molecule has 0 bridgehead atoms. The second-order valence-electron chi connectivity index (χ2n) is 6.07. The van der Waals surface area contributed by atoms with Gasteiger partial charge in [-0.05, 0) is 24.3 Å². The molecule has 0 saturated heterocycles. The van der Waals surface area contributed by atoms with Crippen molar-refractivity contribution in [3.05, 3.63) is 17.5 Å². The first-order chi connectivity index (χ1) is 8.73. The Balaban J connectivity index is 2.53. The third kappa shape index (κ3) is 5.23. The number of aromatic nitrogens is 2. The Labute approximate surface area is 120 Å². The normalized spacial score (nSPS) is 13.4. The van der Waals surface area contributed by atoms with Gasteiger partial charge in [0.25, 0.3) is 5.91 Å². The van der Waals surface area contributed by atoms with Crippen LogP contribution in [0.4, 0.5) is 0 Å². The van der Waals surface area contributed by atoms with Gasteiger partial charge in [0, 0.05) is 13.6 Å². The second kappa shape index (κ2) is 6.42. The van der Waals surface area contributed by atoms with E-state index in [9.17, 15) is 4.79 Å². The Morgan fingerprint density at radius 1 is 1.53 bits per heavy atom. The largest absolute Gasteiger partial charge is 0.349 e. The van der Waals surface area contributed by atoms with Crippen LogP contribution in [0.15, 0.2) is 6.07 Å². The molecule has 19 heavy (non-hydrogen) atoms. The minimum atomic E-state index is -0.116. The molecule has 1 rings (SSSR count). The van der Waals surface area contributed by atoms with Crippen LogP contribution in [0.5, 0.6) is 0 Å². The van der Waals surface area contributed by atoms with Crippen molar-refractivity contribution in [1.29, 1.82) is 0 Å². The van der Waals surface area contributed by atoms with Gasteiger partial charge < -0.3 is 5.32 Å². The first-order valence-corrected chi connectivity index (χ1v) is 7.11. The van der Waals surface area contributed by atoms with Gasteiger partial charge in [-0.2, -0.15) is 5.10 Å². The van der Waals surface area contributed by atoms with E-state index in [0.29, 0.717) is 12.2 Å². The van der Waals surface area contributed by atoms with Crippen molar-refractivity contribution in [2.24, 2.45) is 12.5 Å². The topological polar surface area (TPSA) is 46.9 Å². The van der Waals surface area contributed by atoms with Gasteiger partial charge in [-0.1, -0.05) is 27.7 Å². The van der Waals surface area contributed by atoms with Crippen molar-refractivity contribution >= 4 is 17.5 Å². The van der Waals surface area contributed by atoms with Gasteiger partial charge in [0.1, 0.15) is 5.69 Å². The summed E-state index contributed by atoms with van der Waals surface area (Å²) in [6.07, 6.45) is 1.68. The monoisotopic (exact) mass is 285 g/mol. The molecule has 1 heterocycles. The van der Waals surface area contributed by atoms with Crippen LogP contribution in [0.3, 0.4) is 0 Å². The molecule has 1 aromatic rings. The average Bonchev–Trinajstić information content (AvgIpc) is 2.65. The minimum Gasteiger partial charge on any atom is -0.349 e. The van der Waals surface area contributed by atoms with Crippen molar-refractivity contribution in [3.63, 3.8) is 0 Å². The smallest absolute Gasteiger partial charge is 0.269 e. The fourth-order valence-electron chi connectivity index (χ4n) is 1.94. The summed E-state index contributed by atoms with van der Waals surface area (Å²) in [5.41, 5.74) is 1.67. The standard InChI is InChI=1S/C14H24ClN3O/c1-6-11-7-12(18(5)17-11)13(19)16-9-10(15)8-14(2,3)4/h7,10H,6,8-9H2,1-5H3,(H,16,19). The average molecular weight is 286 g/mol. The van der Waals surface area contributed by atoms with E-state index in [2.05, 4.69) is 31.2 Å². The summed E-state index contributed by atoms with van der Waals surface area (Å²) in [6, 6.07) is 1.82. The quantitative estimate of drug-likeness (QED) is 0.846. The van der Waals surface area contributed by atoms with Gasteiger partial charge in [0.05, 0.1) is 11.1 Å². The van der Waals surface area contributed by atoms with Crippen molar-refractivity contribution in [1.82, 2.24) is 15.1 Å². The zero-order valence-corrected chi connectivity index (χ0v) is 13.2. The van der Waals surface area contributed by atoms with E-state index in [0.717, 1.165) is 18.5 Å². The lowest BCUT2D eigenvalue weighted by Crippen LogP contribution is -2.32. The van der Waals surface area contributed by atoms with E-state index in [1.54, 1.807) is 11.7 Å². The van der Waals surface area contributed by atoms with Crippen LogP contribution >= 0.6 is 11.6 Å². The molecule has 5 heteroatoms. The third-order valence-electron chi connectivity index (χ3n) is 2.84. The van der Waals surface area contributed by atoms with E-state index in [4.69, 9.17) is 11.6 Å². The SMILES string of the molecule is CCc1cc(C(=O)NCC(Cl)CC(C)(C)C)n(C)n1. The Morgan fingerprint density at radius 2 is 2.16 bits per heavy atom. The molecule has 1 N–H and O–H groups in total. The molecule has 0 fully saturated rings. The molecule has 108 valence electrons. The number of carbonyl (C=O) groups excluding carboxylic acids is 1. The number of amides is 1. The van der Waals surface area contributed by atoms with Crippen LogP contribution in [0, 0.1) is 5.41 Å². The number of nitrogens with zero attached hydrogens (tertiary/aromatic N) is 2. The summed E-state index contributed by atoms with van der Waals surface area (Å²) in [5, 5.41) is 7.07. The number of carbonyl (C=O) groups is 1. The van der Waals surface area contributed by atoms with Gasteiger partial charge >= 0.3 is 0 Å². The summed E-state index contributed by atoms with van der Waals surface area (Å²) >= 11 is 6.23. The molecule has 0 aromatic carbocycles. The summed E-state index contributed by atoms with van der Waals surface area (Å²) in [6.45, 7) is 8.91. The van der Waals surface area contributed by atoms with E-state index in [-0.39, 0.29) is 16.7 Å². The van der Waals surface area contributed by atoms with Gasteiger partial charge in [0.2, 0.25) is 0 Å². The molecular weight excluding hydrogens is 262 g/mol. The molecule has 1 amide bonds. The fraction of sp³-hybridized carbons (Fsp3) is 0.714. The van der Waals surface area contributed by atoms with E-state index in [1.807, 2.05) is 13.0 Å². The highest BCUT2D eigenvalue weighted by Gasteiger charge is 2.18. The predicted octanol–water partition coefficient (Wildman–Crippen LogP) is 2.76. The van der Waals surface area contributed by atoms with Crippen molar-refractivity contribution in [2.45, 2.75) is 45.9 Å². The van der Waals surface area contributed by atoms with Crippen LogP contribution in [-0.2, 0) is 13.5 Å². The number of hydrogen-bond donors (Lipinski definition) is 1. The Hall–Kier alpha value is -1.03. The van der Waals surface area contributed by atoms with Gasteiger partial charge in [-0.3, -0.25) is 9.48 Å². The molecule has 0 aliphatic carbocycles. The highest BCUT2D eigenvalue weighted by Crippen LogP contribution is 2.23. The van der Waals surface area contributed by atoms with Gasteiger partial charge in [-0.15, -0.1) is 11.6 Å². The van der Waals surface area contributed by atoms with Crippen LogP contribution in [0.25, 0.3) is 0 Å². The molecule has 1 atom stereocenters. The molecule has 0 aliphatic rings. The van der Waals surface area contributed by atoms with Crippen molar-refractivity contribution < 1.29 is 4.79 Å². The summed E-state index contributed by atoms with van der Waals surface area (Å²) < 4.78 is 1.61. The second-order valence-corrected chi connectivity index (χ2v) is 6.69. The first kappa shape index (κ1) is 16.0. The maximum atomic E-state index is 12.0. The molecule has 4 nitrogen and oxygen atoms in total. The Bertz CT molecular complexity index is 434. The molecule has 0 aliphatic heterocycles. The Kier molecular flexibility index (Phi) is 5.41. The maximum absolute atomic E-state index is 12.0. The first-order valence-electron chi connectivity index (χ1n) is 6.68. The lowest BCUT2D eigenvalue weighted by atomic mass is 9.90. The van der Waals surface area contributed by atoms with E-state index >= 15 is 0 Å². The summed E-state index contributed by atoms with van der Waals surface area (Å²) in [4.78, 5) is 12.0. The summed E-state index contributed by atoms with van der Waals surface area (Å²) in [5.74, 6) is -0.116. The lowest BCUT2D eigenvalue weighted by molar-refractivity contribution is 0.0942. The van der Waals surface area contributed by atoms with Crippen LogP contribution in [0.1, 0.15) is 50.3 Å². The highest BCUT2D eigenvalue weighted by atomic mass is 35.5. The highest BCUT2D eigenvalue weighted by molar-refractivity contribution is 6.21. The molecular formula is C14H24ClN3O. The molecule has 0 radical (unpaired) electrons. The lowest BCUT2D eigenvalue weighted by Gasteiger charge is -2.21. The predicted molar refractivity (Wildman–Crippen MR) is 78.6 cm³/mol. The third-order valence-corrected chi connectivity index (χ3v) is 3.15. The van der Waals surface area contributed by atoms with Crippen LogP contribution in [0.2, 0.25) is 0 Å². The number of halogens is 1. The molecule has 0 saturated carbocycles. The zero-order chi connectivity index (χ0) is 14.6.